The predicted molar refractivity (Wildman–Crippen MR) is 142 cm³/mol. The zero-order valence-electron chi connectivity index (χ0n) is 22.7. The molecule has 38 heavy (non-hydrogen) atoms. The first-order valence-corrected chi connectivity index (χ1v) is 13.1. The number of aliphatic carboxylic acids is 2. The fraction of sp³-hybridized carbons (Fsp3) is 0.654. The fourth-order valence-corrected chi connectivity index (χ4v) is 5.62. The summed E-state index contributed by atoms with van der Waals surface area (Å²) in [6.07, 6.45) is 11.0. The SMILES string of the molecule is CC(=O)Nc1ncnc2c1ccn2C1CCC(CN2CCCC23CCN(C)CC3)O1.CC(=O)O.CC(=O)O. The van der Waals surface area contributed by atoms with Gasteiger partial charge in [-0.15, -0.1) is 0 Å². The molecule has 3 fully saturated rings. The zero-order valence-corrected chi connectivity index (χ0v) is 22.7. The molecule has 5 heterocycles. The van der Waals surface area contributed by atoms with E-state index in [1.54, 1.807) is 0 Å². The van der Waals surface area contributed by atoms with E-state index in [9.17, 15) is 4.79 Å². The Morgan fingerprint density at radius 3 is 2.34 bits per heavy atom. The molecule has 0 aromatic carbocycles. The topological polar surface area (TPSA) is 150 Å². The van der Waals surface area contributed by atoms with Crippen LogP contribution in [-0.2, 0) is 19.1 Å². The Morgan fingerprint density at radius 2 is 1.71 bits per heavy atom. The number of amides is 1. The van der Waals surface area contributed by atoms with Gasteiger partial charge in [-0.3, -0.25) is 19.3 Å². The highest BCUT2D eigenvalue weighted by Gasteiger charge is 2.44. The van der Waals surface area contributed by atoms with Crippen LogP contribution in [0.4, 0.5) is 5.82 Å². The number of rotatable bonds is 4. The Bertz CT molecular complexity index is 1090. The zero-order chi connectivity index (χ0) is 27.9. The van der Waals surface area contributed by atoms with E-state index in [1.165, 1.54) is 58.6 Å². The first-order valence-electron chi connectivity index (χ1n) is 13.1. The largest absolute Gasteiger partial charge is 0.481 e. The molecular formula is C26H40N6O6. The minimum atomic E-state index is -0.833. The third-order valence-corrected chi connectivity index (χ3v) is 7.28. The fourth-order valence-electron chi connectivity index (χ4n) is 5.62. The number of likely N-dealkylation sites (tertiary alicyclic amines) is 2. The number of aromatic nitrogens is 3. The van der Waals surface area contributed by atoms with Crippen molar-refractivity contribution in [1.29, 1.82) is 0 Å². The molecule has 12 nitrogen and oxygen atoms in total. The second-order valence-corrected chi connectivity index (χ2v) is 10.3. The van der Waals surface area contributed by atoms with Gasteiger partial charge in [0.1, 0.15) is 24.0 Å². The van der Waals surface area contributed by atoms with Crippen molar-refractivity contribution in [3.8, 4) is 0 Å². The number of ether oxygens (including phenoxy) is 1. The van der Waals surface area contributed by atoms with Crippen molar-refractivity contribution in [3.63, 3.8) is 0 Å². The van der Waals surface area contributed by atoms with Crippen molar-refractivity contribution < 1.29 is 29.3 Å². The van der Waals surface area contributed by atoms with E-state index in [-0.39, 0.29) is 18.2 Å². The number of hydrogen-bond donors (Lipinski definition) is 3. The molecular weight excluding hydrogens is 492 g/mol. The van der Waals surface area contributed by atoms with Gasteiger partial charge in [-0.2, -0.15) is 0 Å². The normalized spacial score (nSPS) is 22.8. The van der Waals surface area contributed by atoms with Gasteiger partial charge in [-0.05, 0) is 71.3 Å². The molecule has 0 bridgehead atoms. The van der Waals surface area contributed by atoms with Crippen molar-refractivity contribution in [2.45, 2.75) is 77.2 Å². The Morgan fingerprint density at radius 1 is 1.05 bits per heavy atom. The molecule has 3 aliphatic rings. The minimum absolute atomic E-state index is 0.0105. The van der Waals surface area contributed by atoms with Gasteiger partial charge >= 0.3 is 0 Å². The van der Waals surface area contributed by atoms with Crippen LogP contribution in [0.3, 0.4) is 0 Å². The number of anilines is 1. The van der Waals surface area contributed by atoms with E-state index < -0.39 is 11.9 Å². The molecule has 3 aliphatic heterocycles. The van der Waals surface area contributed by atoms with Gasteiger partial charge in [-0.25, -0.2) is 9.97 Å². The summed E-state index contributed by atoms with van der Waals surface area (Å²) in [7, 11) is 2.24. The lowest BCUT2D eigenvalue weighted by atomic mass is 9.85. The summed E-state index contributed by atoms with van der Waals surface area (Å²) >= 11 is 0. The van der Waals surface area contributed by atoms with Gasteiger partial charge < -0.3 is 29.7 Å². The van der Waals surface area contributed by atoms with Crippen molar-refractivity contribution in [1.82, 2.24) is 24.3 Å². The molecule has 2 atom stereocenters. The molecule has 0 aliphatic carbocycles. The maximum absolute atomic E-state index is 11.5. The first-order chi connectivity index (χ1) is 18.0. The molecule has 1 amide bonds. The number of carboxylic acid groups (broad SMARTS) is 2. The molecule has 3 saturated heterocycles. The van der Waals surface area contributed by atoms with Crippen LogP contribution in [0.2, 0.25) is 0 Å². The summed E-state index contributed by atoms with van der Waals surface area (Å²) in [5.74, 6) is -1.24. The van der Waals surface area contributed by atoms with E-state index >= 15 is 0 Å². The summed E-state index contributed by atoms with van der Waals surface area (Å²) < 4.78 is 8.61. The van der Waals surface area contributed by atoms with Crippen LogP contribution >= 0.6 is 0 Å². The van der Waals surface area contributed by atoms with Gasteiger partial charge in [0.25, 0.3) is 11.9 Å². The molecule has 5 rings (SSSR count). The summed E-state index contributed by atoms with van der Waals surface area (Å²) in [5.41, 5.74) is 1.21. The molecule has 12 heteroatoms. The van der Waals surface area contributed by atoms with Gasteiger partial charge in [0.15, 0.2) is 0 Å². The molecule has 1 spiro atoms. The number of nitrogens with one attached hydrogen (secondary N) is 1. The standard InChI is InChI=1S/C22H32N6O2.2C2H4O2/c1-16(29)25-20-18-6-11-28(21(18)24-15-23-20)19-5-4-17(30-19)14-27-10-3-7-22(27)8-12-26(2)13-9-22;2*1-2(3)4/h6,11,15,17,19H,3-5,7-10,12-14H2,1-2H3,(H,23,24,25,29);2*1H3,(H,3,4). The van der Waals surface area contributed by atoms with Crippen molar-refractivity contribution >= 4 is 34.7 Å². The predicted octanol–water partition coefficient (Wildman–Crippen LogP) is 2.81. The summed E-state index contributed by atoms with van der Waals surface area (Å²) in [6.45, 7) is 8.30. The third-order valence-electron chi connectivity index (χ3n) is 7.28. The summed E-state index contributed by atoms with van der Waals surface area (Å²) in [5, 5.41) is 18.5. The van der Waals surface area contributed by atoms with Crippen LogP contribution < -0.4 is 5.32 Å². The summed E-state index contributed by atoms with van der Waals surface area (Å²) in [6, 6.07) is 1.96. The molecule has 2 aromatic heterocycles. The highest BCUT2D eigenvalue weighted by Crippen LogP contribution is 2.40. The monoisotopic (exact) mass is 532 g/mol. The quantitative estimate of drug-likeness (QED) is 0.536. The van der Waals surface area contributed by atoms with E-state index in [2.05, 4.69) is 36.7 Å². The van der Waals surface area contributed by atoms with E-state index in [0.29, 0.717) is 11.4 Å². The Labute approximate surface area is 223 Å². The molecule has 2 unspecified atom stereocenters. The lowest BCUT2D eigenvalue weighted by molar-refractivity contribution is -0.135. The Kier molecular flexibility index (Phi) is 10.2. The molecule has 2 aromatic rings. The van der Waals surface area contributed by atoms with Crippen LogP contribution in [0.15, 0.2) is 18.6 Å². The lowest BCUT2D eigenvalue weighted by Crippen LogP contribution is -2.53. The maximum atomic E-state index is 11.5. The molecule has 0 radical (unpaired) electrons. The van der Waals surface area contributed by atoms with Gasteiger partial charge in [0.2, 0.25) is 5.91 Å². The first kappa shape index (κ1) is 29.5. The number of carbonyl (C=O) groups excluding carboxylic acids is 1. The number of nitrogens with zero attached hydrogens (tertiary/aromatic N) is 5. The number of carbonyl (C=O) groups is 3. The highest BCUT2D eigenvalue weighted by atomic mass is 16.5. The van der Waals surface area contributed by atoms with Gasteiger partial charge in [0.05, 0.1) is 11.5 Å². The number of piperidine rings is 1. The molecule has 3 N–H and O–H groups in total. The average Bonchev–Trinajstić information content (AvgIpc) is 3.55. The maximum Gasteiger partial charge on any atom is 0.300 e. The second-order valence-electron chi connectivity index (χ2n) is 10.3. The Hall–Kier alpha value is -3.09. The van der Waals surface area contributed by atoms with Gasteiger partial charge in [0, 0.05) is 39.1 Å². The Balaban J connectivity index is 0.000000443. The second kappa shape index (κ2) is 13.1. The molecule has 0 saturated carbocycles. The number of fused-ring (bicyclic) bond motifs is 1. The van der Waals surface area contributed by atoms with Crippen molar-refractivity contribution in [3.05, 3.63) is 18.6 Å². The van der Waals surface area contributed by atoms with Crippen LogP contribution in [0.25, 0.3) is 11.0 Å². The van der Waals surface area contributed by atoms with Crippen LogP contribution in [0, 0.1) is 0 Å². The van der Waals surface area contributed by atoms with Crippen LogP contribution in [0.5, 0.6) is 0 Å². The number of carboxylic acids is 2. The van der Waals surface area contributed by atoms with E-state index in [4.69, 9.17) is 24.5 Å². The number of hydrogen-bond acceptors (Lipinski definition) is 8. The summed E-state index contributed by atoms with van der Waals surface area (Å²) in [4.78, 5) is 43.3. The highest BCUT2D eigenvalue weighted by molar-refractivity contribution is 5.97. The third kappa shape index (κ3) is 7.71. The van der Waals surface area contributed by atoms with Crippen molar-refractivity contribution in [2.75, 3.05) is 38.5 Å². The van der Waals surface area contributed by atoms with Crippen LogP contribution in [-0.4, -0.2) is 97.3 Å². The lowest BCUT2D eigenvalue weighted by Gasteiger charge is -2.45. The van der Waals surface area contributed by atoms with Crippen molar-refractivity contribution in [2.24, 2.45) is 0 Å². The molecule has 210 valence electrons. The van der Waals surface area contributed by atoms with E-state index in [1.807, 2.05) is 12.3 Å². The average molecular weight is 533 g/mol. The van der Waals surface area contributed by atoms with Gasteiger partial charge in [-0.1, -0.05) is 0 Å². The smallest absolute Gasteiger partial charge is 0.300 e. The van der Waals surface area contributed by atoms with Crippen LogP contribution in [0.1, 0.15) is 65.5 Å². The minimum Gasteiger partial charge on any atom is -0.481 e. The van der Waals surface area contributed by atoms with E-state index in [0.717, 1.165) is 44.3 Å².